The number of amides is 2. The van der Waals surface area contributed by atoms with E-state index in [2.05, 4.69) is 0 Å². The van der Waals surface area contributed by atoms with E-state index < -0.39 is 35.7 Å². The molecule has 2 saturated heterocycles. The van der Waals surface area contributed by atoms with Crippen LogP contribution in [0.4, 0.5) is 15.8 Å². The van der Waals surface area contributed by atoms with Gasteiger partial charge in [-0.25, -0.2) is 14.4 Å². The number of benzene rings is 3. The quantitative estimate of drug-likeness (QED) is 0.582. The van der Waals surface area contributed by atoms with Crippen molar-refractivity contribution in [2.75, 3.05) is 9.96 Å². The molecule has 7 heteroatoms. The van der Waals surface area contributed by atoms with Gasteiger partial charge in [0.05, 0.1) is 22.4 Å². The van der Waals surface area contributed by atoms with Crippen LogP contribution in [0.3, 0.4) is 0 Å². The fourth-order valence-corrected chi connectivity index (χ4v) is 4.20. The number of nitrogens with zero attached hydrogens (tertiary/aromatic N) is 2. The molecule has 150 valence electrons. The number of anilines is 2. The van der Waals surface area contributed by atoms with Crippen LogP contribution in [0.1, 0.15) is 11.6 Å². The highest BCUT2D eigenvalue weighted by Gasteiger charge is 2.60. The average Bonchev–Trinajstić information content (AvgIpc) is 3.28. The van der Waals surface area contributed by atoms with Crippen LogP contribution in [-0.2, 0) is 14.4 Å². The number of fused-ring (bicyclic) bond motifs is 1. The second-order valence-corrected chi connectivity index (χ2v) is 7.59. The van der Waals surface area contributed by atoms with Gasteiger partial charge in [-0.15, -0.1) is 0 Å². The first-order valence-electron chi connectivity index (χ1n) is 9.45. The molecule has 0 bridgehead atoms. The number of hydrogen-bond donors (Lipinski definition) is 0. The molecule has 0 aromatic heterocycles. The Kier molecular flexibility index (Phi) is 4.53. The largest absolute Gasteiger partial charge is 0.273 e. The molecule has 0 spiro atoms. The second kappa shape index (κ2) is 7.23. The number of carbonyl (C=O) groups is 2. The minimum atomic E-state index is -0.998. The lowest BCUT2D eigenvalue weighted by molar-refractivity contribution is -0.126. The summed E-state index contributed by atoms with van der Waals surface area (Å²) in [4.78, 5) is 33.6. The lowest BCUT2D eigenvalue weighted by Gasteiger charge is -2.28. The van der Waals surface area contributed by atoms with Crippen molar-refractivity contribution in [1.29, 1.82) is 0 Å². The molecule has 30 heavy (non-hydrogen) atoms. The van der Waals surface area contributed by atoms with Gasteiger partial charge in [0.25, 0.3) is 5.91 Å². The Balaban J connectivity index is 1.58. The number of hydrogen-bond acceptors (Lipinski definition) is 4. The molecule has 5 rings (SSSR count). The average molecular weight is 423 g/mol. The minimum absolute atomic E-state index is 0.0771. The lowest BCUT2D eigenvalue weighted by atomic mass is 9.90. The summed E-state index contributed by atoms with van der Waals surface area (Å²) in [5.74, 6) is -2.41. The zero-order chi connectivity index (χ0) is 20.8. The molecule has 5 nitrogen and oxygen atoms in total. The molecule has 3 unspecified atom stereocenters. The zero-order valence-electron chi connectivity index (χ0n) is 15.6. The van der Waals surface area contributed by atoms with Gasteiger partial charge in [-0.05, 0) is 35.9 Å². The first kappa shape index (κ1) is 18.8. The van der Waals surface area contributed by atoms with Crippen molar-refractivity contribution >= 4 is 34.8 Å². The van der Waals surface area contributed by atoms with Crippen molar-refractivity contribution in [3.63, 3.8) is 0 Å². The van der Waals surface area contributed by atoms with Crippen LogP contribution in [0, 0.1) is 11.7 Å². The third kappa shape index (κ3) is 2.88. The summed E-state index contributed by atoms with van der Waals surface area (Å²) in [6, 6.07) is 22.1. The summed E-state index contributed by atoms with van der Waals surface area (Å²) in [5.41, 5.74) is 1.73. The Morgan fingerprint density at radius 3 is 2.17 bits per heavy atom. The molecule has 2 aliphatic rings. The van der Waals surface area contributed by atoms with Crippen molar-refractivity contribution in [2.24, 2.45) is 5.92 Å². The van der Waals surface area contributed by atoms with Crippen LogP contribution in [0.2, 0.25) is 5.02 Å². The number of para-hydroxylation sites is 1. The van der Waals surface area contributed by atoms with Crippen molar-refractivity contribution in [1.82, 2.24) is 0 Å². The molecule has 0 N–H and O–H groups in total. The number of rotatable bonds is 3. The van der Waals surface area contributed by atoms with Gasteiger partial charge < -0.3 is 0 Å². The van der Waals surface area contributed by atoms with Crippen LogP contribution in [-0.4, -0.2) is 17.9 Å². The maximum Gasteiger partial charge on any atom is 0.266 e. The molecular formula is C23H16ClFN2O3. The van der Waals surface area contributed by atoms with E-state index in [-0.39, 0.29) is 10.7 Å². The standard InChI is InChI=1S/C23H16ClFN2O3/c24-17-12-11-16(13-18(17)25)26-22(28)19-20(14-7-3-1-4-8-14)27(30-21(19)23(26)29)15-9-5-2-6-10-15/h1-13,19-21H. The monoisotopic (exact) mass is 422 g/mol. The van der Waals surface area contributed by atoms with Crippen molar-refractivity contribution in [3.8, 4) is 0 Å². The van der Waals surface area contributed by atoms with Gasteiger partial charge >= 0.3 is 0 Å². The molecule has 3 aromatic rings. The lowest BCUT2D eigenvalue weighted by Crippen LogP contribution is -2.37. The van der Waals surface area contributed by atoms with Crippen molar-refractivity contribution in [2.45, 2.75) is 12.1 Å². The summed E-state index contributed by atoms with van der Waals surface area (Å²) in [5, 5.41) is 1.55. The molecule has 2 heterocycles. The maximum atomic E-state index is 14.0. The predicted molar refractivity (Wildman–Crippen MR) is 110 cm³/mol. The Labute approximate surface area is 177 Å². The fourth-order valence-electron chi connectivity index (χ4n) is 4.08. The first-order chi connectivity index (χ1) is 14.6. The SMILES string of the molecule is O=C1C2ON(c3ccccc3)C(c3ccccc3)C2C(=O)N1c1ccc(Cl)c(F)c1. The van der Waals surface area contributed by atoms with E-state index in [1.54, 1.807) is 5.06 Å². The topological polar surface area (TPSA) is 49.9 Å². The smallest absolute Gasteiger partial charge is 0.266 e. The van der Waals surface area contributed by atoms with Crippen LogP contribution >= 0.6 is 11.6 Å². The highest BCUT2D eigenvalue weighted by atomic mass is 35.5. The van der Waals surface area contributed by atoms with E-state index >= 15 is 0 Å². The van der Waals surface area contributed by atoms with Crippen LogP contribution in [0.25, 0.3) is 0 Å². The van der Waals surface area contributed by atoms with Gasteiger partial charge in [-0.3, -0.25) is 14.4 Å². The Bertz CT molecular complexity index is 1130. The summed E-state index contributed by atoms with van der Waals surface area (Å²) in [7, 11) is 0. The van der Waals surface area contributed by atoms with Crippen molar-refractivity contribution < 1.29 is 18.8 Å². The van der Waals surface area contributed by atoms with E-state index in [4.69, 9.17) is 16.4 Å². The summed E-state index contributed by atoms with van der Waals surface area (Å²) >= 11 is 5.75. The van der Waals surface area contributed by atoms with Gasteiger partial charge in [0.1, 0.15) is 11.7 Å². The summed E-state index contributed by atoms with van der Waals surface area (Å²) in [6.07, 6.45) is -0.998. The van der Waals surface area contributed by atoms with E-state index in [1.165, 1.54) is 12.1 Å². The Morgan fingerprint density at radius 2 is 1.50 bits per heavy atom. The molecule has 2 aliphatic heterocycles. The highest BCUT2D eigenvalue weighted by Crippen LogP contribution is 2.47. The molecule has 0 saturated carbocycles. The van der Waals surface area contributed by atoms with E-state index in [0.29, 0.717) is 0 Å². The Hall–Kier alpha value is -3.22. The molecule has 3 atom stereocenters. The van der Waals surface area contributed by atoms with Gasteiger partial charge in [-0.1, -0.05) is 60.1 Å². The van der Waals surface area contributed by atoms with Crippen LogP contribution in [0.15, 0.2) is 78.9 Å². The van der Waals surface area contributed by atoms with Crippen LogP contribution in [0.5, 0.6) is 0 Å². The third-order valence-electron chi connectivity index (χ3n) is 5.43. The molecular weight excluding hydrogens is 407 g/mol. The summed E-state index contributed by atoms with van der Waals surface area (Å²) in [6.45, 7) is 0. The highest BCUT2D eigenvalue weighted by molar-refractivity contribution is 6.31. The van der Waals surface area contributed by atoms with E-state index in [9.17, 15) is 14.0 Å². The van der Waals surface area contributed by atoms with Crippen molar-refractivity contribution in [3.05, 3.63) is 95.3 Å². The van der Waals surface area contributed by atoms with Gasteiger partial charge in [0.2, 0.25) is 5.91 Å². The number of imide groups is 1. The first-order valence-corrected chi connectivity index (χ1v) is 9.83. The normalized spacial score (nSPS) is 23.2. The van der Waals surface area contributed by atoms with Crippen LogP contribution < -0.4 is 9.96 Å². The van der Waals surface area contributed by atoms with Gasteiger partial charge in [0.15, 0.2) is 6.10 Å². The molecule has 0 radical (unpaired) electrons. The van der Waals surface area contributed by atoms with E-state index in [1.807, 2.05) is 60.7 Å². The third-order valence-corrected chi connectivity index (χ3v) is 5.74. The number of carbonyl (C=O) groups excluding carboxylic acids is 2. The number of hydroxylamine groups is 1. The fraction of sp³-hybridized carbons (Fsp3) is 0.130. The molecule has 2 fully saturated rings. The molecule has 0 aliphatic carbocycles. The minimum Gasteiger partial charge on any atom is -0.273 e. The summed E-state index contributed by atoms with van der Waals surface area (Å²) < 4.78 is 14.0. The predicted octanol–water partition coefficient (Wildman–Crippen LogP) is 4.53. The van der Waals surface area contributed by atoms with E-state index in [0.717, 1.165) is 22.2 Å². The second-order valence-electron chi connectivity index (χ2n) is 7.18. The zero-order valence-corrected chi connectivity index (χ0v) is 16.4. The Morgan fingerprint density at radius 1 is 0.833 bits per heavy atom. The maximum absolute atomic E-state index is 14.0. The van der Waals surface area contributed by atoms with Gasteiger partial charge in [-0.2, -0.15) is 0 Å². The molecule has 2 amide bonds. The molecule has 3 aromatic carbocycles. The van der Waals surface area contributed by atoms with Gasteiger partial charge in [0, 0.05) is 0 Å². The number of halogens is 2.